The Morgan fingerprint density at radius 2 is 2.05 bits per heavy atom. The highest BCUT2D eigenvalue weighted by Gasteiger charge is 2.48. The summed E-state index contributed by atoms with van der Waals surface area (Å²) in [6.45, 7) is 0.216. The van der Waals surface area contributed by atoms with Crippen LogP contribution in [0.1, 0.15) is 12.0 Å². The molecule has 0 aromatic heterocycles. The van der Waals surface area contributed by atoms with Crippen LogP contribution in [0, 0.1) is 11.8 Å². The van der Waals surface area contributed by atoms with Gasteiger partial charge in [0.1, 0.15) is 11.9 Å². The van der Waals surface area contributed by atoms with E-state index in [-0.39, 0.29) is 18.5 Å². The lowest BCUT2D eigenvalue weighted by molar-refractivity contribution is -0.152. The van der Waals surface area contributed by atoms with E-state index < -0.39 is 17.1 Å². The highest BCUT2D eigenvalue weighted by Crippen LogP contribution is 2.49. The van der Waals surface area contributed by atoms with Crippen molar-refractivity contribution in [1.29, 1.82) is 0 Å². The van der Waals surface area contributed by atoms with Crippen LogP contribution in [0.5, 0.6) is 0 Å². The maximum atomic E-state index is 12.5. The highest BCUT2D eigenvalue weighted by atomic mass is 32.2. The van der Waals surface area contributed by atoms with E-state index in [0.717, 1.165) is 16.9 Å². The lowest BCUT2D eigenvalue weighted by atomic mass is 9.84. The van der Waals surface area contributed by atoms with Crippen LogP contribution in [-0.2, 0) is 20.9 Å². The third-order valence-electron chi connectivity index (χ3n) is 3.95. The molecular weight excluding hydrogens is 298 g/mol. The SMILES string of the molecule is NC(=O)C1SC2=CC=CCC2C1C(=O)OCc1ccccc1. The average molecular weight is 315 g/mol. The molecule has 114 valence electrons. The van der Waals surface area contributed by atoms with E-state index >= 15 is 0 Å². The Labute approximate surface area is 133 Å². The molecule has 5 heteroatoms. The number of rotatable bonds is 4. The van der Waals surface area contributed by atoms with Gasteiger partial charge in [0, 0.05) is 5.92 Å². The molecule has 3 atom stereocenters. The second kappa shape index (κ2) is 6.40. The molecule has 1 amide bonds. The Hall–Kier alpha value is -2.01. The molecule has 0 bridgehead atoms. The number of primary amides is 1. The van der Waals surface area contributed by atoms with Crippen LogP contribution in [0.2, 0.25) is 0 Å². The molecule has 1 heterocycles. The Balaban J connectivity index is 1.73. The van der Waals surface area contributed by atoms with E-state index in [2.05, 4.69) is 0 Å². The van der Waals surface area contributed by atoms with Gasteiger partial charge in [0.2, 0.25) is 5.91 Å². The standard InChI is InChI=1S/C17H17NO3S/c18-16(19)15-14(12-8-4-5-9-13(12)22-15)17(20)21-10-11-6-2-1-3-7-11/h1-7,9,12,14-15H,8,10H2,(H2,18,19). The number of esters is 1. The molecule has 1 aromatic carbocycles. The predicted octanol–water partition coefficient (Wildman–Crippen LogP) is 2.41. The van der Waals surface area contributed by atoms with Crippen molar-refractivity contribution in [2.45, 2.75) is 18.3 Å². The molecule has 3 rings (SSSR count). The van der Waals surface area contributed by atoms with Gasteiger partial charge >= 0.3 is 5.97 Å². The normalized spacial score (nSPS) is 26.2. The number of amides is 1. The number of carbonyl (C=O) groups is 2. The van der Waals surface area contributed by atoms with Gasteiger partial charge in [-0.2, -0.15) is 0 Å². The minimum atomic E-state index is -0.542. The van der Waals surface area contributed by atoms with E-state index in [1.807, 2.05) is 48.6 Å². The van der Waals surface area contributed by atoms with Crippen molar-refractivity contribution in [1.82, 2.24) is 0 Å². The van der Waals surface area contributed by atoms with Crippen LogP contribution < -0.4 is 5.73 Å². The first-order valence-corrected chi connectivity index (χ1v) is 8.08. The fraction of sp³-hybridized carbons (Fsp3) is 0.294. The van der Waals surface area contributed by atoms with Crippen LogP contribution in [0.4, 0.5) is 0 Å². The van der Waals surface area contributed by atoms with Crippen molar-refractivity contribution in [3.8, 4) is 0 Å². The van der Waals surface area contributed by atoms with Gasteiger partial charge in [-0.05, 0) is 16.9 Å². The van der Waals surface area contributed by atoms with E-state index in [4.69, 9.17) is 10.5 Å². The summed E-state index contributed by atoms with van der Waals surface area (Å²) in [5.74, 6) is -1.29. The number of ether oxygens (including phenoxy) is 1. The maximum absolute atomic E-state index is 12.5. The zero-order valence-electron chi connectivity index (χ0n) is 12.0. The van der Waals surface area contributed by atoms with Gasteiger partial charge in [-0.1, -0.05) is 48.6 Å². The lowest BCUT2D eigenvalue weighted by Gasteiger charge is -2.21. The number of carbonyl (C=O) groups excluding carboxylic acids is 2. The monoisotopic (exact) mass is 315 g/mol. The molecule has 1 fully saturated rings. The van der Waals surface area contributed by atoms with Crippen LogP contribution in [0.3, 0.4) is 0 Å². The van der Waals surface area contributed by atoms with Crippen LogP contribution in [0.15, 0.2) is 53.5 Å². The summed E-state index contributed by atoms with van der Waals surface area (Å²) in [4.78, 5) is 25.2. The molecule has 2 N–H and O–H groups in total. The largest absolute Gasteiger partial charge is 0.461 e. The maximum Gasteiger partial charge on any atom is 0.311 e. The van der Waals surface area contributed by atoms with Gasteiger partial charge in [-0.3, -0.25) is 9.59 Å². The van der Waals surface area contributed by atoms with Gasteiger partial charge in [-0.15, -0.1) is 11.8 Å². The van der Waals surface area contributed by atoms with E-state index in [1.54, 1.807) is 0 Å². The fourth-order valence-electron chi connectivity index (χ4n) is 2.86. The third-order valence-corrected chi connectivity index (χ3v) is 5.44. The minimum absolute atomic E-state index is 0.00998. The van der Waals surface area contributed by atoms with Crippen molar-refractivity contribution in [2.24, 2.45) is 17.6 Å². The van der Waals surface area contributed by atoms with Crippen molar-refractivity contribution in [3.05, 3.63) is 59.0 Å². The number of thioether (sulfide) groups is 1. The van der Waals surface area contributed by atoms with E-state index in [0.29, 0.717) is 0 Å². The number of hydrogen-bond donors (Lipinski definition) is 1. The summed E-state index contributed by atoms with van der Waals surface area (Å²) in [7, 11) is 0. The summed E-state index contributed by atoms with van der Waals surface area (Å²) in [6.07, 6.45) is 6.66. The molecule has 1 aliphatic carbocycles. The second-order valence-electron chi connectivity index (χ2n) is 5.40. The molecule has 1 aliphatic heterocycles. The van der Waals surface area contributed by atoms with Crippen LogP contribution in [0.25, 0.3) is 0 Å². The first-order valence-electron chi connectivity index (χ1n) is 7.20. The minimum Gasteiger partial charge on any atom is -0.461 e. The van der Waals surface area contributed by atoms with Gasteiger partial charge in [0.15, 0.2) is 0 Å². The number of allylic oxidation sites excluding steroid dienone is 4. The molecular formula is C17H17NO3S. The molecule has 22 heavy (non-hydrogen) atoms. The second-order valence-corrected chi connectivity index (χ2v) is 6.61. The van der Waals surface area contributed by atoms with Crippen molar-refractivity contribution >= 4 is 23.6 Å². The summed E-state index contributed by atoms with van der Waals surface area (Å²) in [5, 5.41) is -0.542. The molecule has 0 saturated carbocycles. The Kier molecular flexibility index (Phi) is 4.34. The molecule has 4 nitrogen and oxygen atoms in total. The molecule has 1 saturated heterocycles. The van der Waals surface area contributed by atoms with Crippen LogP contribution >= 0.6 is 11.8 Å². The lowest BCUT2D eigenvalue weighted by Crippen LogP contribution is -2.37. The van der Waals surface area contributed by atoms with Crippen molar-refractivity contribution in [2.75, 3.05) is 0 Å². The third kappa shape index (κ3) is 2.95. The topological polar surface area (TPSA) is 69.4 Å². The van der Waals surface area contributed by atoms with E-state index in [9.17, 15) is 9.59 Å². The van der Waals surface area contributed by atoms with Gasteiger partial charge in [0.25, 0.3) is 0 Å². The zero-order chi connectivity index (χ0) is 15.5. The van der Waals surface area contributed by atoms with Crippen molar-refractivity contribution in [3.63, 3.8) is 0 Å². The van der Waals surface area contributed by atoms with Gasteiger partial charge < -0.3 is 10.5 Å². The number of nitrogens with two attached hydrogens (primary N) is 1. The Morgan fingerprint density at radius 3 is 2.77 bits per heavy atom. The summed E-state index contributed by atoms with van der Waals surface area (Å²) >= 11 is 1.40. The van der Waals surface area contributed by atoms with Gasteiger partial charge in [0.05, 0.1) is 5.92 Å². The molecule has 2 aliphatic rings. The predicted molar refractivity (Wildman–Crippen MR) is 85.6 cm³/mol. The first-order chi connectivity index (χ1) is 10.7. The quantitative estimate of drug-likeness (QED) is 0.866. The Morgan fingerprint density at radius 1 is 1.27 bits per heavy atom. The smallest absolute Gasteiger partial charge is 0.311 e. The summed E-state index contributed by atoms with van der Waals surface area (Å²) < 4.78 is 5.43. The molecule has 0 radical (unpaired) electrons. The number of hydrogen-bond acceptors (Lipinski definition) is 4. The number of fused-ring (bicyclic) bond motifs is 1. The average Bonchev–Trinajstić information content (AvgIpc) is 2.93. The van der Waals surface area contributed by atoms with Crippen LogP contribution in [-0.4, -0.2) is 17.1 Å². The van der Waals surface area contributed by atoms with E-state index in [1.165, 1.54) is 11.8 Å². The summed E-state index contributed by atoms with van der Waals surface area (Å²) in [5.41, 5.74) is 6.40. The first kappa shape index (κ1) is 14.9. The summed E-state index contributed by atoms with van der Waals surface area (Å²) in [6, 6.07) is 9.50. The molecule has 3 unspecified atom stereocenters. The fourth-order valence-corrected chi connectivity index (χ4v) is 4.29. The Bertz CT molecular complexity index is 637. The zero-order valence-corrected chi connectivity index (χ0v) is 12.8. The van der Waals surface area contributed by atoms with Crippen molar-refractivity contribution < 1.29 is 14.3 Å². The van der Waals surface area contributed by atoms with Gasteiger partial charge in [-0.25, -0.2) is 0 Å². The highest BCUT2D eigenvalue weighted by molar-refractivity contribution is 8.04. The molecule has 1 aromatic rings. The molecule has 0 spiro atoms. The number of benzene rings is 1.